The van der Waals surface area contributed by atoms with Crippen LogP contribution < -0.4 is 0 Å². The first-order chi connectivity index (χ1) is 11.4. The van der Waals surface area contributed by atoms with Crippen LogP contribution in [0.15, 0.2) is 30.3 Å². The van der Waals surface area contributed by atoms with Gasteiger partial charge >= 0.3 is 0 Å². The Labute approximate surface area is 148 Å². The maximum atomic E-state index is 6.07. The number of benzene rings is 1. The molecule has 2 atom stereocenters. The van der Waals surface area contributed by atoms with Crippen LogP contribution in [-0.4, -0.2) is 10.2 Å². The predicted octanol–water partition coefficient (Wildman–Crippen LogP) is 5.38. The first-order valence-corrected chi connectivity index (χ1v) is 9.41. The van der Waals surface area contributed by atoms with Crippen molar-refractivity contribution in [3.05, 3.63) is 57.9 Å². The molecule has 2 aromatic rings. The number of halogens is 1. The van der Waals surface area contributed by atoms with Crippen LogP contribution in [-0.2, 0) is 10.8 Å². The lowest BCUT2D eigenvalue weighted by molar-refractivity contribution is 0.226. The van der Waals surface area contributed by atoms with Gasteiger partial charge in [-0.1, -0.05) is 44.5 Å². The number of hydrogen-bond donors (Lipinski definition) is 0. The maximum absolute atomic E-state index is 6.07. The first-order valence-electron chi connectivity index (χ1n) is 9.03. The minimum absolute atomic E-state index is 0.0689. The monoisotopic (exact) mass is 338 g/mol. The molecule has 3 heteroatoms. The quantitative estimate of drug-likeness (QED) is 0.734. The zero-order valence-corrected chi connectivity index (χ0v) is 15.3. The van der Waals surface area contributed by atoms with Crippen molar-refractivity contribution in [2.75, 3.05) is 0 Å². The first kappa shape index (κ1) is 14.9. The molecule has 2 bridgehead atoms. The molecule has 1 aromatic carbocycles. The molecule has 24 heavy (non-hydrogen) atoms. The van der Waals surface area contributed by atoms with Gasteiger partial charge in [-0.05, 0) is 66.3 Å². The van der Waals surface area contributed by atoms with Gasteiger partial charge < -0.3 is 0 Å². The van der Waals surface area contributed by atoms with E-state index in [1.54, 1.807) is 0 Å². The topological polar surface area (TPSA) is 25.8 Å². The van der Waals surface area contributed by atoms with Gasteiger partial charge in [0, 0.05) is 15.9 Å². The Bertz CT molecular complexity index is 835. The van der Waals surface area contributed by atoms with Gasteiger partial charge in [0.25, 0.3) is 0 Å². The molecule has 2 saturated carbocycles. The van der Waals surface area contributed by atoms with Crippen LogP contribution in [0.4, 0.5) is 0 Å². The summed E-state index contributed by atoms with van der Waals surface area (Å²) in [5.41, 5.74) is 5.78. The van der Waals surface area contributed by atoms with Gasteiger partial charge in [-0.3, -0.25) is 0 Å². The number of hydrogen-bond acceptors (Lipinski definition) is 2. The van der Waals surface area contributed by atoms with Crippen LogP contribution in [0.2, 0.25) is 5.02 Å². The lowest BCUT2D eigenvalue weighted by Crippen LogP contribution is -2.32. The van der Waals surface area contributed by atoms with E-state index in [1.807, 2.05) is 12.1 Å². The SMILES string of the molecule is CC1(C)[C@H]2CC[C@]1(C)c1nnc(C3(c4ccc(Cl)cc4)CC3)cc12. The second kappa shape index (κ2) is 4.40. The Hall–Kier alpha value is -1.41. The molecule has 1 heterocycles. The van der Waals surface area contributed by atoms with Crippen LogP contribution in [0, 0.1) is 5.41 Å². The average Bonchev–Trinajstić information content (AvgIpc) is 3.30. The normalized spacial score (nSPS) is 31.1. The van der Waals surface area contributed by atoms with E-state index in [0.717, 1.165) is 23.6 Å². The van der Waals surface area contributed by atoms with Gasteiger partial charge in [0.05, 0.1) is 11.4 Å². The Balaban J connectivity index is 1.62. The highest BCUT2D eigenvalue weighted by Gasteiger charge is 2.61. The van der Waals surface area contributed by atoms with E-state index >= 15 is 0 Å². The summed E-state index contributed by atoms with van der Waals surface area (Å²) >= 11 is 6.07. The third kappa shape index (κ3) is 1.63. The van der Waals surface area contributed by atoms with E-state index in [0.29, 0.717) is 11.3 Å². The number of rotatable bonds is 2. The molecule has 0 unspecified atom stereocenters. The van der Waals surface area contributed by atoms with Crippen molar-refractivity contribution >= 4 is 11.6 Å². The summed E-state index contributed by atoms with van der Waals surface area (Å²) in [6, 6.07) is 10.7. The van der Waals surface area contributed by atoms with Gasteiger partial charge in [-0.15, -0.1) is 0 Å². The fraction of sp³-hybridized carbons (Fsp3) is 0.524. The molecule has 2 fully saturated rings. The minimum Gasteiger partial charge on any atom is -0.154 e. The van der Waals surface area contributed by atoms with Crippen molar-refractivity contribution in [3.63, 3.8) is 0 Å². The molecule has 5 rings (SSSR count). The maximum Gasteiger partial charge on any atom is 0.0739 e. The van der Waals surface area contributed by atoms with Crippen LogP contribution in [0.5, 0.6) is 0 Å². The second-order valence-electron chi connectivity index (χ2n) is 8.77. The van der Waals surface area contributed by atoms with E-state index in [9.17, 15) is 0 Å². The largest absolute Gasteiger partial charge is 0.154 e. The molecule has 0 aliphatic heterocycles. The molecule has 124 valence electrons. The summed E-state index contributed by atoms with van der Waals surface area (Å²) in [7, 11) is 0. The summed E-state index contributed by atoms with van der Waals surface area (Å²) in [4.78, 5) is 0. The molecule has 1 aromatic heterocycles. The zero-order chi connectivity index (χ0) is 16.7. The predicted molar refractivity (Wildman–Crippen MR) is 96.6 cm³/mol. The molecule has 0 spiro atoms. The van der Waals surface area contributed by atoms with E-state index in [2.05, 4.69) is 39.0 Å². The fourth-order valence-electron chi connectivity index (χ4n) is 5.39. The summed E-state index contributed by atoms with van der Waals surface area (Å²) < 4.78 is 0. The molecule has 3 aliphatic carbocycles. The van der Waals surface area contributed by atoms with Crippen molar-refractivity contribution in [3.8, 4) is 0 Å². The Morgan fingerprint density at radius 3 is 2.38 bits per heavy atom. The minimum atomic E-state index is 0.0689. The van der Waals surface area contributed by atoms with Crippen molar-refractivity contribution in [2.45, 2.75) is 63.2 Å². The molecular weight excluding hydrogens is 316 g/mol. The standard InChI is InChI=1S/C21H23ClN2/c1-19(2)16-8-9-20(19,3)18-15(16)12-17(23-24-18)21(10-11-21)13-4-6-14(22)7-5-13/h4-7,12,16H,8-11H2,1-3H3/t16-,20+/m0/s1. The van der Waals surface area contributed by atoms with Gasteiger partial charge in [0.1, 0.15) is 0 Å². The van der Waals surface area contributed by atoms with Crippen molar-refractivity contribution in [1.82, 2.24) is 10.2 Å². The highest BCUT2D eigenvalue weighted by Crippen LogP contribution is 2.67. The van der Waals surface area contributed by atoms with Gasteiger partial charge in [0.15, 0.2) is 0 Å². The Kier molecular flexibility index (Phi) is 2.73. The van der Waals surface area contributed by atoms with E-state index < -0.39 is 0 Å². The summed E-state index contributed by atoms with van der Waals surface area (Å²) in [5.74, 6) is 0.632. The van der Waals surface area contributed by atoms with Crippen molar-refractivity contribution in [2.24, 2.45) is 5.41 Å². The van der Waals surface area contributed by atoms with Crippen LogP contribution in [0.25, 0.3) is 0 Å². The van der Waals surface area contributed by atoms with Crippen LogP contribution in [0.3, 0.4) is 0 Å². The van der Waals surface area contributed by atoms with Crippen LogP contribution >= 0.6 is 11.6 Å². The number of aromatic nitrogens is 2. The average molecular weight is 339 g/mol. The molecule has 0 amide bonds. The van der Waals surface area contributed by atoms with Gasteiger partial charge in [0.2, 0.25) is 0 Å². The number of nitrogens with zero attached hydrogens (tertiary/aromatic N) is 2. The molecule has 0 N–H and O–H groups in total. The Morgan fingerprint density at radius 1 is 1.00 bits per heavy atom. The summed E-state index contributed by atoms with van der Waals surface area (Å²) in [6.07, 6.45) is 4.85. The molecule has 0 saturated heterocycles. The van der Waals surface area contributed by atoms with Gasteiger partial charge in [-0.2, -0.15) is 10.2 Å². The van der Waals surface area contributed by atoms with E-state index in [4.69, 9.17) is 21.8 Å². The van der Waals surface area contributed by atoms with Gasteiger partial charge in [-0.25, -0.2) is 0 Å². The van der Waals surface area contributed by atoms with Crippen molar-refractivity contribution in [1.29, 1.82) is 0 Å². The molecular formula is C21H23ClN2. The second-order valence-corrected chi connectivity index (χ2v) is 9.20. The Morgan fingerprint density at radius 2 is 1.71 bits per heavy atom. The molecule has 0 radical (unpaired) electrons. The van der Waals surface area contributed by atoms with E-state index in [1.165, 1.54) is 29.7 Å². The molecule has 2 nitrogen and oxygen atoms in total. The highest BCUT2D eigenvalue weighted by molar-refractivity contribution is 6.30. The third-order valence-corrected chi connectivity index (χ3v) is 7.84. The summed E-state index contributed by atoms with van der Waals surface area (Å²) in [5, 5.41) is 10.3. The highest BCUT2D eigenvalue weighted by atomic mass is 35.5. The lowest BCUT2D eigenvalue weighted by atomic mass is 9.70. The third-order valence-electron chi connectivity index (χ3n) is 7.58. The number of fused-ring (bicyclic) bond motifs is 5. The van der Waals surface area contributed by atoms with Crippen LogP contribution in [0.1, 0.15) is 74.9 Å². The lowest BCUT2D eigenvalue weighted by Gasteiger charge is -2.34. The fourth-order valence-corrected chi connectivity index (χ4v) is 5.52. The zero-order valence-electron chi connectivity index (χ0n) is 14.6. The summed E-state index contributed by atoms with van der Waals surface area (Å²) in [6.45, 7) is 7.22. The van der Waals surface area contributed by atoms with Crippen molar-refractivity contribution < 1.29 is 0 Å². The van der Waals surface area contributed by atoms with E-state index in [-0.39, 0.29) is 10.8 Å². The smallest absolute Gasteiger partial charge is 0.0739 e. The molecule has 3 aliphatic rings.